The van der Waals surface area contributed by atoms with Crippen LogP contribution in [0.1, 0.15) is 26.3 Å². The zero-order valence-electron chi connectivity index (χ0n) is 11.9. The van der Waals surface area contributed by atoms with Crippen molar-refractivity contribution in [3.63, 3.8) is 0 Å². The van der Waals surface area contributed by atoms with E-state index in [9.17, 15) is 8.78 Å². The molecule has 7 heteroatoms. The Kier molecular flexibility index (Phi) is 4.30. The van der Waals surface area contributed by atoms with Gasteiger partial charge in [-0.2, -0.15) is 0 Å². The maximum absolute atomic E-state index is 12.6. The second-order valence-corrected chi connectivity index (χ2v) is 5.80. The van der Waals surface area contributed by atoms with E-state index in [0.717, 1.165) is 5.56 Å². The third-order valence-corrected chi connectivity index (χ3v) is 3.26. The van der Waals surface area contributed by atoms with E-state index in [1.165, 1.54) is 19.3 Å². The van der Waals surface area contributed by atoms with Crippen LogP contribution in [-0.4, -0.2) is 22.5 Å². The van der Waals surface area contributed by atoms with Gasteiger partial charge in [0.2, 0.25) is 5.88 Å². The van der Waals surface area contributed by atoms with Crippen molar-refractivity contribution in [2.24, 2.45) is 5.73 Å². The summed E-state index contributed by atoms with van der Waals surface area (Å²) in [5.41, 5.74) is 6.18. The molecule has 0 amide bonds. The Morgan fingerprint density at radius 2 is 1.90 bits per heavy atom. The first-order chi connectivity index (χ1) is 9.70. The number of halogens is 3. The summed E-state index contributed by atoms with van der Waals surface area (Å²) in [6, 6.07) is 1.63. The normalized spacial score (nSPS) is 13.7. The van der Waals surface area contributed by atoms with E-state index >= 15 is 0 Å². The summed E-state index contributed by atoms with van der Waals surface area (Å²) in [7, 11) is 0. The Hall–Kier alpha value is -1.53. The number of nitrogens with two attached hydrogens (primary N) is 1. The molecule has 4 nitrogen and oxygen atoms in total. The molecule has 2 heterocycles. The van der Waals surface area contributed by atoms with E-state index in [2.05, 4.69) is 9.97 Å². The van der Waals surface area contributed by atoms with E-state index in [0.29, 0.717) is 10.8 Å². The van der Waals surface area contributed by atoms with Gasteiger partial charge in [-0.3, -0.25) is 0 Å². The molecule has 0 aliphatic rings. The van der Waals surface area contributed by atoms with Gasteiger partial charge in [0.25, 0.3) is 6.43 Å². The third-order valence-electron chi connectivity index (χ3n) is 3.05. The van der Waals surface area contributed by atoms with Crippen molar-refractivity contribution in [3.8, 4) is 5.88 Å². The molecule has 0 aromatic carbocycles. The fourth-order valence-corrected chi connectivity index (χ4v) is 2.08. The van der Waals surface area contributed by atoms with Crippen LogP contribution in [0.5, 0.6) is 5.88 Å². The molecule has 2 aromatic rings. The molecule has 0 aliphatic heterocycles. The SMILES string of the molecule is CC(Oc1ncc(C(C)(C)N)c2cc(Cl)ncc12)C(F)F. The van der Waals surface area contributed by atoms with Gasteiger partial charge >= 0.3 is 0 Å². The smallest absolute Gasteiger partial charge is 0.274 e. The molecule has 2 N–H and O–H groups in total. The molecule has 21 heavy (non-hydrogen) atoms. The van der Waals surface area contributed by atoms with E-state index in [1.54, 1.807) is 6.07 Å². The van der Waals surface area contributed by atoms with Gasteiger partial charge in [0.15, 0.2) is 6.10 Å². The second-order valence-electron chi connectivity index (χ2n) is 5.41. The van der Waals surface area contributed by atoms with Gasteiger partial charge in [0.05, 0.1) is 5.39 Å². The molecular weight excluding hydrogens is 300 g/mol. The van der Waals surface area contributed by atoms with E-state index in [4.69, 9.17) is 22.1 Å². The molecule has 1 unspecified atom stereocenters. The Labute approximate surface area is 126 Å². The zero-order chi connectivity index (χ0) is 15.8. The van der Waals surface area contributed by atoms with Crippen LogP contribution in [0.2, 0.25) is 5.15 Å². The molecule has 114 valence electrons. The molecule has 0 bridgehead atoms. The van der Waals surface area contributed by atoms with Gasteiger partial charge in [0, 0.05) is 17.9 Å². The minimum atomic E-state index is -2.60. The van der Waals surface area contributed by atoms with E-state index < -0.39 is 18.1 Å². The van der Waals surface area contributed by atoms with E-state index in [-0.39, 0.29) is 11.0 Å². The second kappa shape index (κ2) is 5.69. The van der Waals surface area contributed by atoms with E-state index in [1.807, 2.05) is 13.8 Å². The summed E-state index contributed by atoms with van der Waals surface area (Å²) in [5, 5.41) is 1.48. The molecule has 0 saturated heterocycles. The molecule has 0 spiro atoms. The summed E-state index contributed by atoms with van der Waals surface area (Å²) in [5.74, 6) is 0.0926. The molecule has 0 fully saturated rings. The Morgan fingerprint density at radius 1 is 1.24 bits per heavy atom. The maximum atomic E-state index is 12.6. The summed E-state index contributed by atoms with van der Waals surface area (Å²) in [6.07, 6.45) is -0.902. The number of nitrogens with zero attached hydrogens (tertiary/aromatic N) is 2. The number of alkyl halides is 2. The first kappa shape index (κ1) is 15.9. The van der Waals surface area contributed by atoms with Crippen molar-refractivity contribution in [1.29, 1.82) is 0 Å². The standard InChI is InChI=1S/C14H16ClF2N3O/c1-7(12(16)17)21-13-9-5-19-11(15)4-8(9)10(6-20-13)14(2,3)18/h4-7,12H,18H2,1-3H3. The Morgan fingerprint density at radius 3 is 2.48 bits per heavy atom. The molecule has 2 rings (SSSR count). The average molecular weight is 316 g/mol. The van der Waals surface area contributed by atoms with Crippen LogP contribution in [0, 0.1) is 0 Å². The first-order valence-corrected chi connectivity index (χ1v) is 6.76. The number of ether oxygens (including phenoxy) is 1. The van der Waals surface area contributed by atoms with Gasteiger partial charge in [-0.1, -0.05) is 11.6 Å². The lowest BCUT2D eigenvalue weighted by molar-refractivity contribution is 0.0210. The highest BCUT2D eigenvalue weighted by molar-refractivity contribution is 6.30. The van der Waals surface area contributed by atoms with Gasteiger partial charge in [-0.05, 0) is 37.8 Å². The molecule has 0 aliphatic carbocycles. The zero-order valence-corrected chi connectivity index (χ0v) is 12.7. The number of rotatable bonds is 4. The fraction of sp³-hybridized carbons (Fsp3) is 0.429. The first-order valence-electron chi connectivity index (χ1n) is 6.38. The van der Waals surface area contributed by atoms with Crippen molar-refractivity contribution >= 4 is 22.4 Å². The van der Waals surface area contributed by atoms with Crippen molar-refractivity contribution in [2.75, 3.05) is 0 Å². The van der Waals surface area contributed by atoms with Crippen LogP contribution < -0.4 is 10.5 Å². The third kappa shape index (κ3) is 3.39. The van der Waals surface area contributed by atoms with Crippen LogP contribution in [0.4, 0.5) is 8.78 Å². The average Bonchev–Trinajstić information content (AvgIpc) is 2.36. The highest BCUT2D eigenvalue weighted by atomic mass is 35.5. The van der Waals surface area contributed by atoms with Gasteiger partial charge in [-0.25, -0.2) is 18.7 Å². The van der Waals surface area contributed by atoms with Crippen LogP contribution >= 0.6 is 11.6 Å². The van der Waals surface area contributed by atoms with Crippen LogP contribution in [0.3, 0.4) is 0 Å². The highest BCUT2D eigenvalue weighted by Crippen LogP contribution is 2.32. The number of pyridine rings is 2. The quantitative estimate of drug-likeness (QED) is 0.877. The predicted molar refractivity (Wildman–Crippen MR) is 77.9 cm³/mol. The van der Waals surface area contributed by atoms with Crippen LogP contribution in [-0.2, 0) is 5.54 Å². The molecule has 0 saturated carbocycles. The maximum Gasteiger partial charge on any atom is 0.274 e. The van der Waals surface area contributed by atoms with Crippen LogP contribution in [0.25, 0.3) is 10.8 Å². The lowest BCUT2D eigenvalue weighted by Crippen LogP contribution is -2.29. The molecule has 1 atom stereocenters. The number of fused-ring (bicyclic) bond motifs is 1. The lowest BCUT2D eigenvalue weighted by Gasteiger charge is -2.22. The molecule has 2 aromatic heterocycles. The minimum Gasteiger partial charge on any atom is -0.468 e. The molecular formula is C14H16ClF2N3O. The van der Waals surface area contributed by atoms with Gasteiger partial charge in [-0.15, -0.1) is 0 Å². The lowest BCUT2D eigenvalue weighted by atomic mass is 9.93. The summed E-state index contributed by atoms with van der Waals surface area (Å²) in [6.45, 7) is 4.92. The van der Waals surface area contributed by atoms with Crippen molar-refractivity contribution in [3.05, 3.63) is 29.2 Å². The summed E-state index contributed by atoms with van der Waals surface area (Å²) >= 11 is 5.92. The minimum absolute atomic E-state index is 0.0926. The largest absolute Gasteiger partial charge is 0.468 e. The number of hydrogen-bond acceptors (Lipinski definition) is 4. The number of aromatic nitrogens is 2. The van der Waals surface area contributed by atoms with Gasteiger partial charge < -0.3 is 10.5 Å². The monoisotopic (exact) mass is 315 g/mol. The van der Waals surface area contributed by atoms with Gasteiger partial charge in [0.1, 0.15) is 5.15 Å². The summed E-state index contributed by atoms with van der Waals surface area (Å²) < 4.78 is 30.5. The van der Waals surface area contributed by atoms with Crippen LogP contribution in [0.15, 0.2) is 18.5 Å². The molecule has 0 radical (unpaired) electrons. The van der Waals surface area contributed by atoms with Crippen molar-refractivity contribution < 1.29 is 13.5 Å². The number of hydrogen-bond donors (Lipinski definition) is 1. The van der Waals surface area contributed by atoms with Crippen molar-refractivity contribution in [2.45, 2.75) is 38.8 Å². The Bertz CT molecular complexity index is 658. The topological polar surface area (TPSA) is 61.0 Å². The predicted octanol–water partition coefficient (Wildman–Crippen LogP) is 3.51. The fourth-order valence-electron chi connectivity index (χ4n) is 1.92. The van der Waals surface area contributed by atoms with Crippen molar-refractivity contribution in [1.82, 2.24) is 9.97 Å². The summed E-state index contributed by atoms with van der Waals surface area (Å²) in [4.78, 5) is 8.07. The Balaban J connectivity index is 2.61. The highest BCUT2D eigenvalue weighted by Gasteiger charge is 2.23.